The number of hydrogen-bond donors (Lipinski definition) is 0. The summed E-state index contributed by atoms with van der Waals surface area (Å²) in [6.07, 6.45) is 0. The van der Waals surface area contributed by atoms with E-state index in [-0.39, 0.29) is 11.9 Å². The molecular weight excluding hydrogens is 663 g/mol. The topological polar surface area (TPSA) is 52.6 Å². The third-order valence-electron chi connectivity index (χ3n) is 5.82. The summed E-state index contributed by atoms with van der Waals surface area (Å²) in [6, 6.07) is 35.9. The third kappa shape index (κ3) is 8.73. The average Bonchev–Trinajstić information content (AvgIpc) is 3.66. The Bertz CT molecular complexity index is 1640. The monoisotopic (exact) mass is 692 g/mol. The van der Waals surface area contributed by atoms with Crippen molar-refractivity contribution in [1.29, 1.82) is 0 Å². The maximum atomic E-state index is 11.6. The summed E-state index contributed by atoms with van der Waals surface area (Å²) in [5.41, 5.74) is 2.33. The number of fused-ring (bicyclic) bond motifs is 2. The Labute approximate surface area is 261 Å². The summed E-state index contributed by atoms with van der Waals surface area (Å²) in [4.78, 5) is 24.0. The van der Waals surface area contributed by atoms with Crippen molar-refractivity contribution in [3.05, 3.63) is 129 Å². The van der Waals surface area contributed by atoms with Crippen molar-refractivity contribution in [2.45, 2.75) is 13.8 Å². The molecule has 2 heterocycles. The first-order chi connectivity index (χ1) is 20.0. The molecule has 208 valence electrons. The highest BCUT2D eigenvalue weighted by Gasteiger charge is 2.08. The lowest BCUT2D eigenvalue weighted by Gasteiger charge is -2.02. The highest BCUT2D eigenvalue weighted by atomic mass is 127. The van der Waals surface area contributed by atoms with Crippen molar-refractivity contribution in [3.8, 4) is 10.4 Å². The Morgan fingerprint density at radius 2 is 1.20 bits per heavy atom. The standard InChI is InChI=1S/C17H14O2S.C9H9IO2.C8H6S/c1-2-19-17(18)13-9-7-12(8-10-13)16-11-14-5-3-4-6-15(14)20-16;1-2-12-9(11)7-3-5-8(10)6-4-7;1-2-4-8-7(3-1)5-6-9-8/h3-11H,2H2,1H3;3-6H,2H2,1H3;1-6H. The van der Waals surface area contributed by atoms with Gasteiger partial charge in [-0.3, -0.25) is 0 Å². The molecule has 6 aromatic rings. The number of carbonyl (C=O) groups is 2. The molecule has 0 aliphatic rings. The SMILES string of the molecule is CCOC(=O)c1ccc(-c2cc3ccccc3s2)cc1.CCOC(=O)c1ccc(I)cc1.c1ccc2sccc2c1. The molecule has 2 aromatic heterocycles. The van der Waals surface area contributed by atoms with Gasteiger partial charge in [0.25, 0.3) is 0 Å². The van der Waals surface area contributed by atoms with E-state index in [1.165, 1.54) is 25.0 Å². The number of rotatable bonds is 5. The molecule has 0 aliphatic carbocycles. The number of halogens is 1. The molecule has 0 bridgehead atoms. The number of ether oxygens (including phenoxy) is 2. The van der Waals surface area contributed by atoms with E-state index in [1.807, 2.05) is 55.5 Å². The summed E-state index contributed by atoms with van der Waals surface area (Å²) >= 11 is 5.74. The molecule has 0 amide bonds. The lowest BCUT2D eigenvalue weighted by molar-refractivity contribution is 0.0516. The molecule has 41 heavy (non-hydrogen) atoms. The Morgan fingerprint density at radius 3 is 1.76 bits per heavy atom. The lowest BCUT2D eigenvalue weighted by atomic mass is 10.1. The van der Waals surface area contributed by atoms with E-state index in [0.717, 1.165) is 9.13 Å². The molecule has 0 aliphatic heterocycles. The van der Waals surface area contributed by atoms with Crippen molar-refractivity contribution < 1.29 is 19.1 Å². The molecular formula is C34H29IO4S2. The number of esters is 2. The van der Waals surface area contributed by atoms with Crippen LogP contribution in [0.15, 0.2) is 115 Å². The molecule has 0 saturated heterocycles. The van der Waals surface area contributed by atoms with Gasteiger partial charge in [-0.25, -0.2) is 9.59 Å². The molecule has 0 atom stereocenters. The first-order valence-corrected chi connectivity index (χ1v) is 15.9. The van der Waals surface area contributed by atoms with Crippen LogP contribution in [-0.4, -0.2) is 25.2 Å². The maximum Gasteiger partial charge on any atom is 0.338 e. The largest absolute Gasteiger partial charge is 0.462 e. The minimum absolute atomic E-state index is 0.256. The fourth-order valence-corrected chi connectivity index (χ4v) is 6.03. The smallest absolute Gasteiger partial charge is 0.338 e. The van der Waals surface area contributed by atoms with E-state index in [9.17, 15) is 9.59 Å². The van der Waals surface area contributed by atoms with Crippen molar-refractivity contribution in [2.75, 3.05) is 13.2 Å². The summed E-state index contributed by atoms with van der Waals surface area (Å²) in [6.45, 7) is 4.43. The predicted molar refractivity (Wildman–Crippen MR) is 180 cm³/mol. The molecule has 7 heteroatoms. The van der Waals surface area contributed by atoms with Gasteiger partial charge >= 0.3 is 11.9 Å². The number of hydrogen-bond acceptors (Lipinski definition) is 6. The molecule has 0 saturated carbocycles. The van der Waals surface area contributed by atoms with Crippen LogP contribution < -0.4 is 0 Å². The van der Waals surface area contributed by atoms with Gasteiger partial charge in [0.15, 0.2) is 0 Å². The van der Waals surface area contributed by atoms with Crippen LogP contribution in [-0.2, 0) is 9.47 Å². The van der Waals surface area contributed by atoms with Crippen LogP contribution in [0.1, 0.15) is 34.6 Å². The third-order valence-corrected chi connectivity index (χ3v) is 8.61. The van der Waals surface area contributed by atoms with E-state index < -0.39 is 0 Å². The summed E-state index contributed by atoms with van der Waals surface area (Å²) in [7, 11) is 0. The van der Waals surface area contributed by atoms with Gasteiger partial charge in [-0.15, -0.1) is 22.7 Å². The summed E-state index contributed by atoms with van der Waals surface area (Å²) < 4.78 is 13.6. The first-order valence-electron chi connectivity index (χ1n) is 13.1. The van der Waals surface area contributed by atoms with Crippen LogP contribution in [0.3, 0.4) is 0 Å². The predicted octanol–water partition coefficient (Wildman–Crippen LogP) is 10.1. The summed E-state index contributed by atoms with van der Waals surface area (Å²) in [5.74, 6) is -0.524. The zero-order valence-corrected chi connectivity index (χ0v) is 26.5. The maximum absolute atomic E-state index is 11.6. The van der Waals surface area contributed by atoms with Crippen molar-refractivity contribution >= 4 is 77.4 Å². The van der Waals surface area contributed by atoms with Crippen LogP contribution in [0.2, 0.25) is 0 Å². The first kappa shape index (κ1) is 30.4. The minimum atomic E-state index is -0.268. The van der Waals surface area contributed by atoms with Crippen LogP contribution >= 0.6 is 45.3 Å². The zero-order valence-electron chi connectivity index (χ0n) is 22.7. The zero-order chi connectivity index (χ0) is 29.0. The van der Waals surface area contributed by atoms with E-state index in [2.05, 4.69) is 76.5 Å². The fourth-order valence-electron chi connectivity index (χ4n) is 3.82. The van der Waals surface area contributed by atoms with E-state index in [1.54, 1.807) is 41.7 Å². The van der Waals surface area contributed by atoms with Gasteiger partial charge in [0.2, 0.25) is 0 Å². The minimum Gasteiger partial charge on any atom is -0.462 e. The summed E-state index contributed by atoms with van der Waals surface area (Å²) in [5, 5.41) is 4.72. The van der Waals surface area contributed by atoms with Gasteiger partial charge in [0, 0.05) is 17.8 Å². The molecule has 0 N–H and O–H groups in total. The molecule has 0 radical (unpaired) electrons. The Morgan fingerprint density at radius 1 is 0.659 bits per heavy atom. The van der Waals surface area contributed by atoms with Crippen LogP contribution in [0.4, 0.5) is 0 Å². The van der Waals surface area contributed by atoms with Crippen LogP contribution in [0, 0.1) is 3.57 Å². The Kier molecular flexibility index (Phi) is 11.5. The quantitative estimate of drug-likeness (QED) is 0.133. The van der Waals surface area contributed by atoms with Crippen LogP contribution in [0.5, 0.6) is 0 Å². The molecule has 4 nitrogen and oxygen atoms in total. The van der Waals surface area contributed by atoms with Crippen LogP contribution in [0.25, 0.3) is 30.6 Å². The average molecular weight is 693 g/mol. The van der Waals surface area contributed by atoms with E-state index in [4.69, 9.17) is 9.47 Å². The van der Waals surface area contributed by atoms with E-state index >= 15 is 0 Å². The molecule has 4 aromatic carbocycles. The van der Waals surface area contributed by atoms with E-state index in [0.29, 0.717) is 24.3 Å². The molecule has 0 unspecified atom stereocenters. The fraction of sp³-hybridized carbons (Fsp3) is 0.118. The normalized spacial score (nSPS) is 10.2. The number of benzene rings is 4. The highest BCUT2D eigenvalue weighted by Crippen LogP contribution is 2.33. The van der Waals surface area contributed by atoms with Gasteiger partial charge < -0.3 is 9.47 Å². The van der Waals surface area contributed by atoms with Crippen molar-refractivity contribution in [1.82, 2.24) is 0 Å². The second kappa shape index (κ2) is 15.5. The second-order valence-corrected chi connectivity index (χ2v) is 11.9. The molecule has 6 rings (SSSR count). The highest BCUT2D eigenvalue weighted by molar-refractivity contribution is 14.1. The van der Waals surface area contributed by atoms with Gasteiger partial charge in [-0.2, -0.15) is 0 Å². The van der Waals surface area contributed by atoms with Gasteiger partial charge in [0.1, 0.15) is 0 Å². The van der Waals surface area contributed by atoms with Crippen molar-refractivity contribution in [3.63, 3.8) is 0 Å². The second-order valence-electron chi connectivity index (χ2n) is 8.63. The molecule has 0 spiro atoms. The molecule has 0 fully saturated rings. The van der Waals surface area contributed by atoms with Gasteiger partial charge in [-0.05, 0) is 119 Å². The lowest BCUT2D eigenvalue weighted by Crippen LogP contribution is -2.03. The number of thiophene rings is 2. The van der Waals surface area contributed by atoms with Gasteiger partial charge in [-0.1, -0.05) is 48.5 Å². The Balaban J connectivity index is 0.000000156. The van der Waals surface area contributed by atoms with Crippen molar-refractivity contribution in [2.24, 2.45) is 0 Å². The number of carbonyl (C=O) groups excluding carboxylic acids is 2. The Hall–Kier alpha value is -3.53. The van der Waals surface area contributed by atoms with Gasteiger partial charge in [0.05, 0.1) is 24.3 Å².